The van der Waals surface area contributed by atoms with E-state index in [-0.39, 0.29) is 67.9 Å². The molecule has 0 amide bonds. The summed E-state index contributed by atoms with van der Waals surface area (Å²) in [5.41, 5.74) is 0. The van der Waals surface area contributed by atoms with E-state index >= 15 is 0 Å². The summed E-state index contributed by atoms with van der Waals surface area (Å²) >= 11 is 0. The van der Waals surface area contributed by atoms with Crippen molar-refractivity contribution in [2.75, 3.05) is 0 Å². The van der Waals surface area contributed by atoms with Gasteiger partial charge in [-0.3, -0.25) is 9.59 Å². The second kappa shape index (κ2) is 8.95. The van der Waals surface area contributed by atoms with Gasteiger partial charge < -0.3 is 13.1 Å². The van der Waals surface area contributed by atoms with E-state index in [0.717, 1.165) is 19.3 Å². The third-order valence-electron chi connectivity index (χ3n) is 3.16. The molecule has 3 atom stereocenters. The molecular formula is C10H18Na2O4. The summed E-state index contributed by atoms with van der Waals surface area (Å²) in [5, 5.41) is 17.9. The molecule has 1 aliphatic carbocycles. The number of aliphatic carboxylic acids is 2. The van der Waals surface area contributed by atoms with Crippen LogP contribution in [-0.4, -0.2) is 22.2 Å². The number of carbonyl (C=O) groups is 2. The van der Waals surface area contributed by atoms with Crippen molar-refractivity contribution in [1.29, 1.82) is 0 Å². The largest absolute Gasteiger partial charge is 1.00 e. The Balaban J connectivity index is -0.000000245. The van der Waals surface area contributed by atoms with E-state index in [9.17, 15) is 9.59 Å². The summed E-state index contributed by atoms with van der Waals surface area (Å²) in [4.78, 5) is 21.8. The fraction of sp³-hybridized carbons (Fsp3) is 0.800. The molecule has 0 heterocycles. The number of hydrogen-bond acceptors (Lipinski definition) is 2. The van der Waals surface area contributed by atoms with Gasteiger partial charge in [-0.1, -0.05) is 19.8 Å². The van der Waals surface area contributed by atoms with Crippen molar-refractivity contribution in [3.8, 4) is 0 Å². The Morgan fingerprint density at radius 2 is 1.75 bits per heavy atom. The molecule has 0 bridgehead atoms. The Bertz CT molecular complexity index is 254. The zero-order valence-electron chi connectivity index (χ0n) is 12.3. The van der Waals surface area contributed by atoms with Crippen LogP contribution in [0.25, 0.3) is 0 Å². The molecule has 0 aromatic rings. The molecule has 2 N–H and O–H groups in total. The zero-order valence-corrected chi connectivity index (χ0v) is 14.3. The Labute approximate surface area is 143 Å². The van der Waals surface area contributed by atoms with E-state index in [1.54, 1.807) is 0 Å². The van der Waals surface area contributed by atoms with Gasteiger partial charge in [-0.15, -0.1) is 0 Å². The molecule has 6 heteroatoms. The van der Waals surface area contributed by atoms with Gasteiger partial charge in [-0.2, -0.15) is 0 Å². The van der Waals surface area contributed by atoms with Gasteiger partial charge in [-0.05, 0) is 18.8 Å². The van der Waals surface area contributed by atoms with Crippen molar-refractivity contribution < 1.29 is 81.8 Å². The predicted molar refractivity (Wildman–Crippen MR) is 52.1 cm³/mol. The van der Waals surface area contributed by atoms with Crippen LogP contribution in [0.3, 0.4) is 0 Å². The summed E-state index contributed by atoms with van der Waals surface area (Å²) < 4.78 is 0. The topological polar surface area (TPSA) is 74.6 Å². The second-order valence-electron chi connectivity index (χ2n) is 3.91. The van der Waals surface area contributed by atoms with Gasteiger partial charge in [0.05, 0.1) is 11.8 Å². The summed E-state index contributed by atoms with van der Waals surface area (Å²) in [7, 11) is 0. The van der Waals surface area contributed by atoms with Crippen LogP contribution in [0.2, 0.25) is 0 Å². The van der Waals surface area contributed by atoms with Crippen LogP contribution in [0.5, 0.6) is 0 Å². The van der Waals surface area contributed by atoms with Crippen LogP contribution < -0.4 is 59.1 Å². The van der Waals surface area contributed by atoms with Crippen molar-refractivity contribution in [2.24, 2.45) is 17.8 Å². The summed E-state index contributed by atoms with van der Waals surface area (Å²) in [6, 6.07) is 0. The second-order valence-corrected chi connectivity index (χ2v) is 3.91. The Kier molecular flexibility index (Phi) is 10.8. The molecule has 0 spiro atoms. The van der Waals surface area contributed by atoms with Crippen LogP contribution in [0.1, 0.15) is 35.5 Å². The minimum absolute atomic E-state index is 0. The van der Waals surface area contributed by atoms with Crippen molar-refractivity contribution >= 4 is 11.9 Å². The van der Waals surface area contributed by atoms with Crippen LogP contribution >= 0.6 is 0 Å². The van der Waals surface area contributed by atoms with Gasteiger partial charge >= 0.3 is 71.1 Å². The van der Waals surface area contributed by atoms with Crippen molar-refractivity contribution in [1.82, 2.24) is 0 Å². The Morgan fingerprint density at radius 1 is 1.19 bits per heavy atom. The maximum absolute atomic E-state index is 11.0. The molecule has 16 heavy (non-hydrogen) atoms. The zero-order chi connectivity index (χ0) is 10.7. The average Bonchev–Trinajstić information content (AvgIpc) is 2.16. The molecular weight excluding hydrogens is 230 g/mol. The smallest absolute Gasteiger partial charge is 1.00 e. The van der Waals surface area contributed by atoms with Crippen molar-refractivity contribution in [3.63, 3.8) is 0 Å². The number of carboxylic acids is 2. The normalized spacial score (nSPS) is 28.4. The molecule has 1 rings (SSSR count). The van der Waals surface area contributed by atoms with E-state index in [1.165, 1.54) is 0 Å². The predicted octanol–water partition coefficient (Wildman–Crippen LogP) is -4.17. The Morgan fingerprint density at radius 3 is 2.12 bits per heavy atom. The maximum Gasteiger partial charge on any atom is 1.00 e. The summed E-state index contributed by atoms with van der Waals surface area (Å²) in [6.07, 6.45) is 2.93. The fourth-order valence-electron chi connectivity index (χ4n) is 2.40. The van der Waals surface area contributed by atoms with Crippen LogP contribution in [-0.2, 0) is 9.59 Å². The van der Waals surface area contributed by atoms with Crippen LogP contribution in [0.4, 0.5) is 0 Å². The number of hydrogen-bond donors (Lipinski definition) is 2. The first-order valence-electron chi connectivity index (χ1n) is 5.03. The van der Waals surface area contributed by atoms with E-state index in [4.69, 9.17) is 10.2 Å². The molecule has 0 aliphatic heterocycles. The van der Waals surface area contributed by atoms with Crippen molar-refractivity contribution in [3.05, 3.63) is 0 Å². The van der Waals surface area contributed by atoms with Crippen molar-refractivity contribution in [2.45, 2.75) is 32.6 Å². The molecule has 0 radical (unpaired) electrons. The van der Waals surface area contributed by atoms with Gasteiger partial charge in [0.1, 0.15) is 0 Å². The molecule has 0 saturated heterocycles. The van der Waals surface area contributed by atoms with E-state index in [2.05, 4.69) is 0 Å². The third-order valence-corrected chi connectivity index (χ3v) is 3.16. The average molecular weight is 248 g/mol. The molecule has 0 aromatic carbocycles. The molecule has 84 valence electrons. The van der Waals surface area contributed by atoms with Gasteiger partial charge in [0.15, 0.2) is 0 Å². The van der Waals surface area contributed by atoms with Gasteiger partial charge in [0.25, 0.3) is 0 Å². The van der Waals surface area contributed by atoms with E-state index < -0.39 is 23.8 Å². The molecule has 4 nitrogen and oxygen atoms in total. The monoisotopic (exact) mass is 248 g/mol. The first-order chi connectivity index (χ1) is 6.57. The first kappa shape index (κ1) is 19.3. The molecule has 0 aromatic heterocycles. The fourth-order valence-corrected chi connectivity index (χ4v) is 2.40. The number of carboxylic acid groups (broad SMARTS) is 2. The summed E-state index contributed by atoms with van der Waals surface area (Å²) in [6.45, 7) is 1.92. The minimum atomic E-state index is -0.962. The minimum Gasteiger partial charge on any atom is -1.00 e. The Hall–Kier alpha value is 0.940. The van der Waals surface area contributed by atoms with E-state index in [1.807, 2.05) is 6.92 Å². The third kappa shape index (κ3) is 4.67. The standard InChI is InChI=1S/C10H16O4.2Na.2H/c1-2-6-4-3-5-7(9(11)12)8(6)10(13)14;;;;/h6-8H,2-5H2,1H3,(H,11,12)(H,13,14);;;;/q;2*+1;2*-1. The van der Waals surface area contributed by atoms with Crippen LogP contribution in [0, 0.1) is 17.8 Å². The molecule has 1 fully saturated rings. The van der Waals surface area contributed by atoms with Gasteiger partial charge in [-0.25, -0.2) is 0 Å². The molecule has 3 unspecified atom stereocenters. The quantitative estimate of drug-likeness (QED) is 0.497. The van der Waals surface area contributed by atoms with Crippen LogP contribution in [0.15, 0.2) is 0 Å². The summed E-state index contributed by atoms with van der Waals surface area (Å²) in [5.74, 6) is -3.26. The SMILES string of the molecule is CCC1CCCC(C(=O)O)C1C(=O)O.[H-].[H-].[Na+].[Na+]. The number of rotatable bonds is 3. The van der Waals surface area contributed by atoms with E-state index in [0.29, 0.717) is 6.42 Å². The van der Waals surface area contributed by atoms with Gasteiger partial charge in [0, 0.05) is 0 Å². The maximum atomic E-state index is 11.0. The van der Waals surface area contributed by atoms with Gasteiger partial charge in [0.2, 0.25) is 0 Å². The molecule has 1 saturated carbocycles. The molecule has 1 aliphatic rings. The first-order valence-corrected chi connectivity index (χ1v) is 5.03.